The van der Waals surface area contributed by atoms with Crippen molar-refractivity contribution in [2.24, 2.45) is 0 Å². The van der Waals surface area contributed by atoms with Crippen LogP contribution in [0.1, 0.15) is 21.7 Å². The van der Waals surface area contributed by atoms with E-state index in [2.05, 4.69) is 10.6 Å². The van der Waals surface area contributed by atoms with Crippen LogP contribution < -0.4 is 10.6 Å². The van der Waals surface area contributed by atoms with Gasteiger partial charge in [-0.05, 0) is 36.4 Å². The highest BCUT2D eigenvalue weighted by Crippen LogP contribution is 2.35. The SMILES string of the molecule is O=C(CSc1ccc(C(=O)Nc2ccccc2C(F)(F)F)cc1[N+](=O)[O-])NCc1ccco1. The minimum absolute atomic E-state index is 0.125. The number of rotatable bonds is 8. The average Bonchev–Trinajstić information content (AvgIpc) is 3.29. The van der Waals surface area contributed by atoms with Crippen LogP contribution >= 0.6 is 11.8 Å². The maximum atomic E-state index is 13.1. The van der Waals surface area contributed by atoms with Crippen LogP contribution in [-0.4, -0.2) is 22.5 Å². The minimum Gasteiger partial charge on any atom is -0.467 e. The summed E-state index contributed by atoms with van der Waals surface area (Å²) in [5.74, 6) is -0.924. The number of anilines is 1. The van der Waals surface area contributed by atoms with Crippen molar-refractivity contribution in [2.75, 3.05) is 11.1 Å². The van der Waals surface area contributed by atoms with Crippen molar-refractivity contribution in [3.05, 3.63) is 87.9 Å². The number of thioether (sulfide) groups is 1. The van der Waals surface area contributed by atoms with E-state index in [4.69, 9.17) is 4.42 Å². The maximum Gasteiger partial charge on any atom is 0.418 e. The van der Waals surface area contributed by atoms with Crippen LogP contribution in [0, 0.1) is 10.1 Å². The topological polar surface area (TPSA) is 114 Å². The Hall–Kier alpha value is -3.80. The third-order valence-electron chi connectivity index (χ3n) is 4.30. The number of alkyl halides is 3. The molecule has 2 aromatic carbocycles. The highest BCUT2D eigenvalue weighted by Gasteiger charge is 2.33. The first-order chi connectivity index (χ1) is 15.6. The molecule has 3 rings (SSSR count). The van der Waals surface area contributed by atoms with Gasteiger partial charge in [0.1, 0.15) is 5.76 Å². The van der Waals surface area contributed by atoms with Crippen LogP contribution in [0.5, 0.6) is 0 Å². The predicted octanol–water partition coefficient (Wildman–Crippen LogP) is 4.87. The molecule has 0 atom stereocenters. The highest BCUT2D eigenvalue weighted by molar-refractivity contribution is 8.00. The van der Waals surface area contributed by atoms with Gasteiger partial charge in [-0.2, -0.15) is 13.2 Å². The zero-order valence-corrected chi connectivity index (χ0v) is 17.5. The zero-order valence-electron chi connectivity index (χ0n) is 16.7. The fraction of sp³-hybridized carbons (Fsp3) is 0.143. The molecule has 0 spiro atoms. The van der Waals surface area contributed by atoms with Gasteiger partial charge in [0.25, 0.3) is 11.6 Å². The molecule has 1 heterocycles. The Labute approximate surface area is 189 Å². The number of nitrogens with one attached hydrogen (secondary N) is 2. The molecule has 0 aliphatic carbocycles. The lowest BCUT2D eigenvalue weighted by atomic mass is 10.1. The molecule has 172 valence electrons. The number of benzene rings is 2. The molecule has 0 unspecified atom stereocenters. The number of carbonyl (C=O) groups excluding carboxylic acids is 2. The Balaban J connectivity index is 1.70. The Morgan fingerprint density at radius 1 is 1.09 bits per heavy atom. The first kappa shape index (κ1) is 23.9. The standard InChI is InChI=1S/C21H16F3N3O5S/c22-21(23,24)15-5-1-2-6-16(15)26-20(29)13-7-8-18(17(10-13)27(30)31)33-12-19(28)25-11-14-4-3-9-32-14/h1-10H,11-12H2,(H,25,28)(H,26,29). The summed E-state index contributed by atoms with van der Waals surface area (Å²) in [7, 11) is 0. The Bertz CT molecular complexity index is 1170. The van der Waals surface area contributed by atoms with E-state index >= 15 is 0 Å². The molecule has 0 saturated heterocycles. The number of para-hydroxylation sites is 1. The van der Waals surface area contributed by atoms with Gasteiger partial charge in [-0.25, -0.2) is 0 Å². The molecule has 0 radical (unpaired) electrons. The number of hydrogen-bond acceptors (Lipinski definition) is 6. The van der Waals surface area contributed by atoms with Crippen molar-refractivity contribution >= 4 is 35.0 Å². The van der Waals surface area contributed by atoms with Gasteiger partial charge in [-0.3, -0.25) is 19.7 Å². The molecule has 2 N–H and O–H groups in total. The average molecular weight is 479 g/mol. The van der Waals surface area contributed by atoms with Crippen molar-refractivity contribution in [3.8, 4) is 0 Å². The summed E-state index contributed by atoms with van der Waals surface area (Å²) in [6.07, 6.45) is -3.23. The second-order valence-corrected chi connectivity index (χ2v) is 7.60. The summed E-state index contributed by atoms with van der Waals surface area (Å²) in [4.78, 5) is 35.3. The second kappa shape index (κ2) is 10.2. The monoisotopic (exact) mass is 479 g/mol. The van der Waals surface area contributed by atoms with E-state index in [0.29, 0.717) is 5.76 Å². The molecule has 0 bridgehead atoms. The van der Waals surface area contributed by atoms with Crippen LogP contribution in [0.4, 0.5) is 24.5 Å². The van der Waals surface area contributed by atoms with Crippen molar-refractivity contribution in [3.63, 3.8) is 0 Å². The van der Waals surface area contributed by atoms with E-state index in [1.165, 1.54) is 30.5 Å². The van der Waals surface area contributed by atoms with E-state index in [1.54, 1.807) is 12.1 Å². The largest absolute Gasteiger partial charge is 0.467 e. The van der Waals surface area contributed by atoms with Crippen molar-refractivity contribution in [2.45, 2.75) is 17.6 Å². The fourth-order valence-electron chi connectivity index (χ4n) is 2.75. The van der Waals surface area contributed by atoms with Crippen molar-refractivity contribution in [1.82, 2.24) is 5.32 Å². The number of amides is 2. The molecule has 8 nitrogen and oxygen atoms in total. The van der Waals surface area contributed by atoms with Gasteiger partial charge in [0.15, 0.2) is 0 Å². The predicted molar refractivity (Wildman–Crippen MR) is 114 cm³/mol. The van der Waals surface area contributed by atoms with Gasteiger partial charge >= 0.3 is 6.18 Å². The first-order valence-electron chi connectivity index (χ1n) is 9.33. The normalized spacial score (nSPS) is 11.1. The van der Waals surface area contributed by atoms with Gasteiger partial charge in [0, 0.05) is 11.6 Å². The van der Waals surface area contributed by atoms with E-state index in [9.17, 15) is 32.9 Å². The molecule has 0 fully saturated rings. The van der Waals surface area contributed by atoms with Gasteiger partial charge in [0.2, 0.25) is 5.91 Å². The summed E-state index contributed by atoms with van der Waals surface area (Å²) in [6.45, 7) is 0.160. The fourth-order valence-corrected chi connectivity index (χ4v) is 3.58. The zero-order chi connectivity index (χ0) is 24.0. The molecule has 0 aliphatic rings. The first-order valence-corrected chi connectivity index (χ1v) is 10.3. The second-order valence-electron chi connectivity index (χ2n) is 6.58. The molecule has 0 saturated carbocycles. The van der Waals surface area contributed by atoms with Gasteiger partial charge in [0.05, 0.1) is 39.6 Å². The van der Waals surface area contributed by atoms with Crippen LogP contribution in [-0.2, 0) is 17.5 Å². The summed E-state index contributed by atoms with van der Waals surface area (Å²) in [5, 5.41) is 16.2. The number of carbonyl (C=O) groups is 2. The summed E-state index contributed by atoms with van der Waals surface area (Å²) < 4.78 is 44.5. The number of halogens is 3. The van der Waals surface area contributed by atoms with Gasteiger partial charge in [-0.1, -0.05) is 12.1 Å². The number of furan rings is 1. The smallest absolute Gasteiger partial charge is 0.418 e. The van der Waals surface area contributed by atoms with E-state index in [-0.39, 0.29) is 22.8 Å². The lowest BCUT2D eigenvalue weighted by Crippen LogP contribution is -2.24. The van der Waals surface area contributed by atoms with Crippen LogP contribution in [0.25, 0.3) is 0 Å². The van der Waals surface area contributed by atoms with E-state index in [1.807, 2.05) is 0 Å². The Morgan fingerprint density at radius 3 is 2.52 bits per heavy atom. The van der Waals surface area contributed by atoms with E-state index in [0.717, 1.165) is 30.0 Å². The molecule has 33 heavy (non-hydrogen) atoms. The number of nitro benzene ring substituents is 1. The van der Waals surface area contributed by atoms with Crippen molar-refractivity contribution in [1.29, 1.82) is 0 Å². The number of hydrogen-bond donors (Lipinski definition) is 2. The summed E-state index contributed by atoms with van der Waals surface area (Å²) >= 11 is 0.886. The maximum absolute atomic E-state index is 13.1. The van der Waals surface area contributed by atoms with Crippen LogP contribution in [0.3, 0.4) is 0 Å². The summed E-state index contributed by atoms with van der Waals surface area (Å²) in [6, 6.07) is 11.2. The molecule has 12 heteroatoms. The Kier molecular flexibility index (Phi) is 7.38. The third kappa shape index (κ3) is 6.35. The molecule has 3 aromatic rings. The molecule has 2 amide bonds. The molecule has 0 aliphatic heterocycles. The van der Waals surface area contributed by atoms with Crippen LogP contribution in [0.15, 0.2) is 70.2 Å². The quantitative estimate of drug-likeness (QED) is 0.271. The minimum atomic E-state index is -4.69. The molecular formula is C21H16F3N3O5S. The summed E-state index contributed by atoms with van der Waals surface area (Å²) in [5.41, 5.74) is -2.16. The number of nitrogens with zero attached hydrogens (tertiary/aromatic N) is 1. The lowest BCUT2D eigenvalue weighted by molar-refractivity contribution is -0.387. The lowest BCUT2D eigenvalue weighted by Gasteiger charge is -2.13. The van der Waals surface area contributed by atoms with Gasteiger partial charge in [-0.15, -0.1) is 11.8 Å². The third-order valence-corrected chi connectivity index (χ3v) is 5.36. The highest BCUT2D eigenvalue weighted by atomic mass is 32.2. The number of nitro groups is 1. The van der Waals surface area contributed by atoms with Gasteiger partial charge < -0.3 is 15.1 Å². The van der Waals surface area contributed by atoms with E-state index < -0.39 is 39.9 Å². The Morgan fingerprint density at radius 2 is 1.85 bits per heavy atom. The molecular weight excluding hydrogens is 463 g/mol. The van der Waals surface area contributed by atoms with Crippen LogP contribution in [0.2, 0.25) is 0 Å². The van der Waals surface area contributed by atoms with Crippen molar-refractivity contribution < 1.29 is 32.1 Å². The molecule has 1 aromatic heterocycles.